The van der Waals surface area contributed by atoms with Crippen molar-refractivity contribution in [3.8, 4) is 0 Å². The number of rotatable bonds is 0. The van der Waals surface area contributed by atoms with Gasteiger partial charge in [-0.3, -0.25) is 0 Å². The van der Waals surface area contributed by atoms with Crippen LogP contribution in [0.3, 0.4) is 0 Å². The van der Waals surface area contributed by atoms with Crippen LogP contribution in [-0.2, 0) is 21.4 Å². The van der Waals surface area contributed by atoms with Gasteiger partial charge in [0, 0.05) is 28.2 Å². The fourth-order valence-electron chi connectivity index (χ4n) is 1.15. The second-order valence-electron chi connectivity index (χ2n) is 4.00. The molecular weight excluding hydrogens is 280 g/mol. The van der Waals surface area contributed by atoms with E-state index in [0.29, 0.717) is 11.5 Å². The fourth-order valence-corrected chi connectivity index (χ4v) is 2.64. The Hall–Kier alpha value is -0.960. The van der Waals surface area contributed by atoms with Crippen LogP contribution in [0, 0.1) is 0 Å². The van der Waals surface area contributed by atoms with Gasteiger partial charge in [-0.15, -0.1) is 0 Å². The van der Waals surface area contributed by atoms with Crippen molar-refractivity contribution in [1.82, 2.24) is 9.80 Å². The molecule has 1 fully saturated rings. The van der Waals surface area contributed by atoms with Crippen molar-refractivity contribution in [1.29, 1.82) is 0 Å². The Kier molecular flexibility index (Phi) is 10.8. The van der Waals surface area contributed by atoms with Crippen molar-refractivity contribution in [3.63, 3.8) is 0 Å². The first kappa shape index (κ1) is 19.4. The summed E-state index contributed by atoms with van der Waals surface area (Å²) in [5, 5.41) is 0. The zero-order valence-electron chi connectivity index (χ0n) is 11.1. The van der Waals surface area contributed by atoms with E-state index in [4.69, 9.17) is 8.42 Å². The summed E-state index contributed by atoms with van der Waals surface area (Å²) in [6.45, 7) is 0. The molecule has 0 bridgehead atoms. The summed E-state index contributed by atoms with van der Waals surface area (Å²) in [6, 6.07) is 0.0185. The second-order valence-corrected chi connectivity index (χ2v) is 6.44. The van der Waals surface area contributed by atoms with Crippen LogP contribution in [0.1, 0.15) is 12.8 Å². The highest BCUT2D eigenvalue weighted by Gasteiger charge is 2.16. The molecular formula is C9H20N2O5S2. The third-order valence-electron chi connectivity index (χ3n) is 1.93. The molecule has 0 aromatic heterocycles. The molecule has 1 saturated heterocycles. The van der Waals surface area contributed by atoms with Crippen molar-refractivity contribution in [2.75, 3.05) is 39.7 Å². The Bertz CT molecular complexity index is 350. The molecule has 0 unspecified atom stereocenters. The highest BCUT2D eigenvalue weighted by molar-refractivity contribution is 7.91. The minimum absolute atomic E-state index is 0.0185. The molecule has 0 radical (unpaired) electrons. The Labute approximate surface area is 112 Å². The summed E-state index contributed by atoms with van der Waals surface area (Å²) in [5.41, 5.74) is 0. The molecule has 1 aliphatic rings. The summed E-state index contributed by atoms with van der Waals surface area (Å²) in [4.78, 5) is 13.8. The predicted molar refractivity (Wildman–Crippen MR) is 69.6 cm³/mol. The highest BCUT2D eigenvalue weighted by Crippen LogP contribution is 2.08. The van der Waals surface area contributed by atoms with Crippen molar-refractivity contribution in [3.05, 3.63) is 0 Å². The smallest absolute Gasteiger partial charge is 0.331 e. The van der Waals surface area contributed by atoms with Gasteiger partial charge in [-0.1, -0.05) is 0 Å². The normalized spacial score (nSPS) is 15.3. The summed E-state index contributed by atoms with van der Waals surface area (Å²) < 4.78 is 37.4. The lowest BCUT2D eigenvalue weighted by atomic mass is 10.4. The van der Waals surface area contributed by atoms with E-state index in [1.54, 1.807) is 28.2 Å². The summed E-state index contributed by atoms with van der Waals surface area (Å²) in [7, 11) is 4.35. The standard InChI is InChI=1S/C5H12N2O.C4H8O2S.O2S/c1-6(2)5(8)7(3)4;5-7(6)3-1-2-4-7;1-3-2/h1-4H3;1-4H2;. The van der Waals surface area contributed by atoms with Gasteiger partial charge >= 0.3 is 17.6 Å². The fraction of sp³-hybridized carbons (Fsp3) is 0.889. The maximum Gasteiger partial charge on any atom is 0.335 e. The number of hydrogen-bond donors (Lipinski definition) is 0. The number of sulfone groups is 1. The maximum absolute atomic E-state index is 10.7. The summed E-state index contributed by atoms with van der Waals surface area (Å²) >= 11 is -0.750. The van der Waals surface area contributed by atoms with Crippen LogP contribution in [0.15, 0.2) is 0 Å². The summed E-state index contributed by atoms with van der Waals surface area (Å²) in [6.07, 6.45) is 1.75. The van der Waals surface area contributed by atoms with Crippen LogP contribution in [0.5, 0.6) is 0 Å². The van der Waals surface area contributed by atoms with Gasteiger partial charge in [-0.2, -0.15) is 8.42 Å². The van der Waals surface area contributed by atoms with Crippen molar-refractivity contribution >= 4 is 27.4 Å². The molecule has 0 saturated carbocycles. The minimum atomic E-state index is -2.55. The maximum atomic E-state index is 10.7. The third kappa shape index (κ3) is 11.5. The molecule has 0 aromatic rings. The lowest BCUT2D eigenvalue weighted by Crippen LogP contribution is -2.33. The molecule has 7 nitrogen and oxygen atoms in total. The van der Waals surface area contributed by atoms with Gasteiger partial charge in [0.15, 0.2) is 0 Å². The van der Waals surface area contributed by atoms with Gasteiger partial charge < -0.3 is 9.80 Å². The van der Waals surface area contributed by atoms with Crippen molar-refractivity contribution in [2.45, 2.75) is 12.8 Å². The van der Waals surface area contributed by atoms with Gasteiger partial charge in [0.2, 0.25) is 0 Å². The van der Waals surface area contributed by atoms with Gasteiger partial charge in [0.25, 0.3) is 0 Å². The molecule has 0 aromatic carbocycles. The van der Waals surface area contributed by atoms with Crippen LogP contribution in [0.4, 0.5) is 4.79 Å². The first-order valence-corrected chi connectivity index (χ1v) is 7.67. The Morgan fingerprint density at radius 2 is 1.22 bits per heavy atom. The first-order chi connectivity index (χ1) is 8.17. The lowest BCUT2D eigenvalue weighted by Gasteiger charge is -2.16. The third-order valence-corrected chi connectivity index (χ3v) is 3.75. The van der Waals surface area contributed by atoms with E-state index in [9.17, 15) is 13.2 Å². The van der Waals surface area contributed by atoms with Crippen LogP contribution >= 0.6 is 0 Å². The van der Waals surface area contributed by atoms with Crippen molar-refractivity contribution in [2.24, 2.45) is 0 Å². The largest absolute Gasteiger partial charge is 0.335 e. The van der Waals surface area contributed by atoms with E-state index in [2.05, 4.69) is 0 Å². The number of amides is 2. The quantitative estimate of drug-likeness (QED) is 0.615. The monoisotopic (exact) mass is 300 g/mol. The molecule has 18 heavy (non-hydrogen) atoms. The van der Waals surface area contributed by atoms with Gasteiger partial charge in [0.1, 0.15) is 9.84 Å². The molecule has 0 aliphatic carbocycles. The Balaban J connectivity index is 0. The first-order valence-electron chi connectivity index (χ1n) is 5.18. The number of nitrogens with zero attached hydrogens (tertiary/aromatic N) is 2. The zero-order valence-corrected chi connectivity index (χ0v) is 12.7. The van der Waals surface area contributed by atoms with Crippen LogP contribution in [-0.4, -0.2) is 72.4 Å². The second kappa shape index (κ2) is 10.0. The lowest BCUT2D eigenvalue weighted by molar-refractivity contribution is 0.191. The number of urea groups is 1. The SMILES string of the molecule is CN(C)C(=O)N(C)C.O=S1(=O)CCCC1.O=S=O. The van der Waals surface area contributed by atoms with E-state index >= 15 is 0 Å². The summed E-state index contributed by atoms with van der Waals surface area (Å²) in [5.74, 6) is 0.847. The molecule has 108 valence electrons. The average Bonchev–Trinajstić information content (AvgIpc) is 2.63. The number of hydrogen-bond acceptors (Lipinski definition) is 5. The van der Waals surface area contributed by atoms with E-state index in [1.807, 2.05) is 0 Å². The van der Waals surface area contributed by atoms with Crippen molar-refractivity contribution < 1.29 is 21.6 Å². The van der Waals surface area contributed by atoms with Crippen LogP contribution in [0.2, 0.25) is 0 Å². The molecule has 9 heteroatoms. The van der Waals surface area contributed by atoms with Gasteiger partial charge in [-0.25, -0.2) is 13.2 Å². The van der Waals surface area contributed by atoms with E-state index in [-0.39, 0.29) is 6.03 Å². The molecule has 2 amide bonds. The van der Waals surface area contributed by atoms with E-state index in [0.717, 1.165) is 12.8 Å². The number of carbonyl (C=O) groups is 1. The predicted octanol–water partition coefficient (Wildman–Crippen LogP) is -0.246. The zero-order chi connectivity index (χ0) is 14.8. The molecule has 0 atom stereocenters. The molecule has 1 heterocycles. The Morgan fingerprint density at radius 1 is 0.944 bits per heavy atom. The Morgan fingerprint density at radius 3 is 1.28 bits per heavy atom. The topological polar surface area (TPSA) is 91.8 Å². The molecule has 0 N–H and O–H groups in total. The van der Waals surface area contributed by atoms with E-state index < -0.39 is 21.4 Å². The average molecular weight is 300 g/mol. The van der Waals surface area contributed by atoms with Gasteiger partial charge in [-0.05, 0) is 12.8 Å². The molecule has 0 spiro atoms. The minimum Gasteiger partial charge on any atom is -0.331 e. The number of carbonyl (C=O) groups excluding carboxylic acids is 1. The van der Waals surface area contributed by atoms with Gasteiger partial charge in [0.05, 0.1) is 11.5 Å². The highest BCUT2D eigenvalue weighted by atomic mass is 32.2. The molecule has 1 rings (SSSR count). The van der Waals surface area contributed by atoms with Crippen LogP contribution < -0.4 is 0 Å². The van der Waals surface area contributed by atoms with E-state index in [1.165, 1.54) is 9.80 Å². The molecule has 1 aliphatic heterocycles. The van der Waals surface area contributed by atoms with Crippen LogP contribution in [0.25, 0.3) is 0 Å².